The normalized spacial score (nSPS) is 11.9. The Morgan fingerprint density at radius 1 is 1.11 bits per heavy atom. The summed E-state index contributed by atoms with van der Waals surface area (Å²) in [6.07, 6.45) is 1.22. The Bertz CT molecular complexity index is 829. The molecule has 0 saturated carbocycles. The van der Waals surface area contributed by atoms with Gasteiger partial charge in [-0.3, -0.25) is 4.79 Å². The average Bonchev–Trinajstić information content (AvgIpc) is 2.63. The molecule has 0 saturated heterocycles. The van der Waals surface area contributed by atoms with Crippen LogP contribution in [0.1, 0.15) is 6.42 Å². The molecule has 27 heavy (non-hydrogen) atoms. The van der Waals surface area contributed by atoms with Crippen molar-refractivity contribution >= 4 is 28.2 Å². The maximum atomic E-state index is 11.9. The van der Waals surface area contributed by atoms with Crippen LogP contribution in [0.2, 0.25) is 0 Å². The lowest BCUT2D eigenvalue weighted by Crippen LogP contribution is -2.42. The van der Waals surface area contributed by atoms with Crippen molar-refractivity contribution < 1.29 is 17.9 Å². The van der Waals surface area contributed by atoms with Crippen LogP contribution in [-0.2, 0) is 14.6 Å². The number of carbonyl (C=O) groups excluding carboxylic acids is 1. The van der Waals surface area contributed by atoms with Crippen molar-refractivity contribution in [3.8, 4) is 16.9 Å². The van der Waals surface area contributed by atoms with Crippen LogP contribution in [0, 0.1) is 0 Å². The fraction of sp³-hybridized carbons (Fsp3) is 0.316. The number of hydrogen-bond acceptors (Lipinski definition) is 5. The third-order valence-electron chi connectivity index (χ3n) is 3.77. The number of amides is 1. The first-order valence-corrected chi connectivity index (χ1v) is 10.4. The van der Waals surface area contributed by atoms with Crippen LogP contribution in [0.3, 0.4) is 0 Å². The topological polar surface area (TPSA) is 98.5 Å². The zero-order chi connectivity index (χ0) is 19.0. The summed E-state index contributed by atoms with van der Waals surface area (Å²) in [5.41, 5.74) is 7.73. The Morgan fingerprint density at radius 2 is 1.74 bits per heavy atom. The number of hydrogen-bond donors (Lipinski definition) is 2. The summed E-state index contributed by atoms with van der Waals surface area (Å²) in [6, 6.07) is 16.7. The van der Waals surface area contributed by atoms with Crippen LogP contribution in [0.25, 0.3) is 11.1 Å². The zero-order valence-electron chi connectivity index (χ0n) is 15.1. The molecule has 148 valence electrons. The standard InChI is InChI=1S/C19H24N2O4S.ClH/c1-26(23,24)14-11-17(20)19(22)21-12-13-25-18-10-6-5-9-16(18)15-7-3-2-4-8-15;/h2-10,17H,11-14,20H2,1H3,(H,21,22);1H. The van der Waals surface area contributed by atoms with E-state index in [-0.39, 0.29) is 43.6 Å². The number of para-hydroxylation sites is 1. The predicted molar refractivity (Wildman–Crippen MR) is 110 cm³/mol. The molecule has 2 aromatic carbocycles. The van der Waals surface area contributed by atoms with Crippen molar-refractivity contribution in [2.24, 2.45) is 5.73 Å². The molecule has 1 atom stereocenters. The lowest BCUT2D eigenvalue weighted by molar-refractivity contribution is -0.122. The van der Waals surface area contributed by atoms with Gasteiger partial charge in [0.15, 0.2) is 0 Å². The third kappa shape index (κ3) is 7.99. The van der Waals surface area contributed by atoms with E-state index in [2.05, 4.69) is 5.32 Å². The summed E-state index contributed by atoms with van der Waals surface area (Å²) in [5.74, 6) is 0.241. The molecular formula is C19H25ClN2O4S. The smallest absolute Gasteiger partial charge is 0.237 e. The number of halogens is 1. The largest absolute Gasteiger partial charge is 0.491 e. The van der Waals surface area contributed by atoms with Gasteiger partial charge in [0.25, 0.3) is 0 Å². The molecule has 3 N–H and O–H groups in total. The Kier molecular flexibility index (Phi) is 9.28. The fourth-order valence-corrected chi connectivity index (χ4v) is 3.07. The van der Waals surface area contributed by atoms with Gasteiger partial charge in [-0.25, -0.2) is 8.42 Å². The molecule has 2 aromatic rings. The summed E-state index contributed by atoms with van der Waals surface area (Å²) in [5, 5.41) is 2.66. The van der Waals surface area contributed by atoms with Crippen molar-refractivity contribution in [2.75, 3.05) is 25.2 Å². The van der Waals surface area contributed by atoms with Gasteiger partial charge in [0, 0.05) is 11.8 Å². The molecule has 0 fully saturated rings. The zero-order valence-corrected chi connectivity index (χ0v) is 16.8. The van der Waals surface area contributed by atoms with Crippen molar-refractivity contribution in [3.05, 3.63) is 54.6 Å². The van der Waals surface area contributed by atoms with Gasteiger partial charge in [-0.1, -0.05) is 48.5 Å². The molecule has 0 aliphatic heterocycles. The molecule has 0 bridgehead atoms. The summed E-state index contributed by atoms with van der Waals surface area (Å²) in [4.78, 5) is 11.9. The number of carbonyl (C=O) groups is 1. The maximum Gasteiger partial charge on any atom is 0.237 e. The Balaban J connectivity index is 0.00000364. The summed E-state index contributed by atoms with van der Waals surface area (Å²) in [7, 11) is -3.13. The highest BCUT2D eigenvalue weighted by Gasteiger charge is 2.15. The monoisotopic (exact) mass is 412 g/mol. The van der Waals surface area contributed by atoms with Gasteiger partial charge in [0.1, 0.15) is 22.2 Å². The van der Waals surface area contributed by atoms with E-state index in [0.29, 0.717) is 0 Å². The molecule has 1 unspecified atom stereocenters. The second-order valence-electron chi connectivity index (χ2n) is 6.03. The van der Waals surface area contributed by atoms with Crippen LogP contribution >= 0.6 is 12.4 Å². The Hall–Kier alpha value is -2.09. The molecule has 0 aliphatic carbocycles. The second kappa shape index (κ2) is 10.9. The highest BCUT2D eigenvalue weighted by molar-refractivity contribution is 7.90. The van der Waals surface area contributed by atoms with Gasteiger partial charge in [-0.15, -0.1) is 12.4 Å². The minimum atomic E-state index is -3.13. The van der Waals surface area contributed by atoms with Crippen LogP contribution < -0.4 is 15.8 Å². The van der Waals surface area contributed by atoms with Crippen LogP contribution in [0.4, 0.5) is 0 Å². The Morgan fingerprint density at radius 3 is 2.41 bits per heavy atom. The summed E-state index contributed by atoms with van der Waals surface area (Å²) in [6.45, 7) is 0.572. The van der Waals surface area contributed by atoms with E-state index >= 15 is 0 Å². The van der Waals surface area contributed by atoms with Crippen LogP contribution in [0.15, 0.2) is 54.6 Å². The van der Waals surface area contributed by atoms with Crippen LogP contribution in [0.5, 0.6) is 5.75 Å². The highest BCUT2D eigenvalue weighted by Crippen LogP contribution is 2.29. The van der Waals surface area contributed by atoms with Gasteiger partial charge in [0.2, 0.25) is 5.91 Å². The molecule has 0 aromatic heterocycles. The summed E-state index contributed by atoms with van der Waals surface area (Å²) < 4.78 is 28.0. The van der Waals surface area contributed by atoms with E-state index in [1.54, 1.807) is 0 Å². The van der Waals surface area contributed by atoms with Gasteiger partial charge in [-0.2, -0.15) is 0 Å². The van der Waals surface area contributed by atoms with E-state index < -0.39 is 15.9 Å². The number of ether oxygens (including phenoxy) is 1. The molecular weight excluding hydrogens is 388 g/mol. The van der Waals surface area contributed by atoms with Gasteiger partial charge in [-0.05, 0) is 18.1 Å². The average molecular weight is 413 g/mol. The lowest BCUT2D eigenvalue weighted by Gasteiger charge is -2.14. The number of rotatable bonds is 9. The quantitative estimate of drug-likeness (QED) is 0.614. The highest BCUT2D eigenvalue weighted by atomic mass is 35.5. The molecule has 0 radical (unpaired) electrons. The molecule has 6 nitrogen and oxygen atoms in total. The first-order valence-electron chi connectivity index (χ1n) is 8.35. The number of nitrogens with two attached hydrogens (primary N) is 1. The molecule has 0 aliphatic rings. The first-order chi connectivity index (χ1) is 12.4. The maximum absolute atomic E-state index is 11.9. The second-order valence-corrected chi connectivity index (χ2v) is 8.29. The van der Waals surface area contributed by atoms with E-state index in [9.17, 15) is 13.2 Å². The summed E-state index contributed by atoms with van der Waals surface area (Å²) >= 11 is 0. The van der Waals surface area contributed by atoms with Crippen molar-refractivity contribution in [3.63, 3.8) is 0 Å². The molecule has 8 heteroatoms. The molecule has 0 heterocycles. The van der Waals surface area contributed by atoms with Crippen molar-refractivity contribution in [1.29, 1.82) is 0 Å². The first kappa shape index (κ1) is 23.0. The van der Waals surface area contributed by atoms with Gasteiger partial charge >= 0.3 is 0 Å². The van der Waals surface area contributed by atoms with Crippen LogP contribution in [-0.4, -0.2) is 45.5 Å². The van der Waals surface area contributed by atoms with Crippen molar-refractivity contribution in [2.45, 2.75) is 12.5 Å². The Labute approximate surface area is 166 Å². The minimum absolute atomic E-state index is 0. The fourth-order valence-electron chi connectivity index (χ4n) is 2.39. The lowest BCUT2D eigenvalue weighted by atomic mass is 10.1. The predicted octanol–water partition coefficient (Wildman–Crippen LogP) is 2.03. The van der Waals surface area contributed by atoms with Crippen molar-refractivity contribution in [1.82, 2.24) is 5.32 Å². The number of benzene rings is 2. The van der Waals surface area contributed by atoms with Gasteiger partial charge < -0.3 is 15.8 Å². The SMILES string of the molecule is CS(=O)(=O)CCC(N)C(=O)NCCOc1ccccc1-c1ccccc1.Cl. The van der Waals surface area contributed by atoms with Gasteiger partial charge in [0.05, 0.1) is 18.3 Å². The number of nitrogens with one attached hydrogen (secondary N) is 1. The molecule has 1 amide bonds. The molecule has 2 rings (SSSR count). The van der Waals surface area contributed by atoms with E-state index in [4.69, 9.17) is 10.5 Å². The van der Waals surface area contributed by atoms with E-state index in [1.165, 1.54) is 0 Å². The molecule has 0 spiro atoms. The minimum Gasteiger partial charge on any atom is -0.491 e. The van der Waals surface area contributed by atoms with E-state index in [1.807, 2.05) is 54.6 Å². The number of sulfone groups is 1. The third-order valence-corrected chi connectivity index (χ3v) is 4.74. The van der Waals surface area contributed by atoms with E-state index in [0.717, 1.165) is 23.1 Å².